The fraction of sp³-hybridized carbons (Fsp3) is 0.769. The summed E-state index contributed by atoms with van der Waals surface area (Å²) in [5.74, 6) is 0. The highest BCUT2D eigenvalue weighted by Gasteiger charge is 2.03. The highest BCUT2D eigenvalue weighted by Crippen LogP contribution is 2.19. The van der Waals surface area contributed by atoms with Gasteiger partial charge in [-0.25, -0.2) is 0 Å². The van der Waals surface area contributed by atoms with E-state index in [1.54, 1.807) is 16.7 Å². The third kappa shape index (κ3) is 11.8. The summed E-state index contributed by atoms with van der Waals surface area (Å²) in [6.07, 6.45) is 23.2. The third-order valence-electron chi connectivity index (χ3n) is 5.57. The maximum absolute atomic E-state index is 2.52. The first kappa shape index (κ1) is 23.3. The van der Waals surface area contributed by atoms with Crippen molar-refractivity contribution in [3.63, 3.8) is 0 Å². The molecule has 0 aromatic heterocycles. The van der Waals surface area contributed by atoms with Gasteiger partial charge in [-0.3, -0.25) is 0 Å². The first-order chi connectivity index (χ1) is 12.8. The van der Waals surface area contributed by atoms with Crippen LogP contribution >= 0.6 is 0 Å². The summed E-state index contributed by atoms with van der Waals surface area (Å²) in [5.41, 5.74) is 4.82. The second kappa shape index (κ2) is 16.4. The zero-order chi connectivity index (χ0) is 18.9. The summed E-state index contributed by atoms with van der Waals surface area (Å²) in [7, 11) is 0. The Morgan fingerprint density at radius 2 is 0.654 bits per heavy atom. The van der Waals surface area contributed by atoms with Crippen LogP contribution in [0.2, 0.25) is 0 Å². The molecule has 0 bridgehead atoms. The molecule has 150 valence electrons. The van der Waals surface area contributed by atoms with E-state index in [9.17, 15) is 0 Å². The molecule has 0 fully saturated rings. The van der Waals surface area contributed by atoms with Gasteiger partial charge in [-0.1, -0.05) is 110 Å². The smallest absolute Gasteiger partial charge is 0.0279 e. The van der Waals surface area contributed by atoms with Crippen molar-refractivity contribution in [2.24, 2.45) is 0 Å². The van der Waals surface area contributed by atoms with Crippen molar-refractivity contribution in [3.05, 3.63) is 34.9 Å². The summed E-state index contributed by atoms with van der Waals surface area (Å²) in [6, 6.07) is 7.56. The van der Waals surface area contributed by atoms with E-state index >= 15 is 0 Å². The predicted molar refractivity (Wildman–Crippen MR) is 119 cm³/mol. The van der Waals surface area contributed by atoms with Crippen LogP contribution < -0.4 is 0 Å². The number of unbranched alkanes of at least 4 members (excludes halogenated alkanes) is 11. The number of rotatable bonds is 17. The lowest BCUT2D eigenvalue weighted by Crippen LogP contribution is -1.96. The highest BCUT2D eigenvalue weighted by atomic mass is 14.1. The number of aryl methyl sites for hydroxylation is 3. The van der Waals surface area contributed by atoms with Crippen molar-refractivity contribution < 1.29 is 0 Å². The van der Waals surface area contributed by atoms with Gasteiger partial charge in [-0.15, -0.1) is 0 Å². The second-order valence-electron chi connectivity index (χ2n) is 8.30. The van der Waals surface area contributed by atoms with Crippen LogP contribution in [-0.4, -0.2) is 0 Å². The van der Waals surface area contributed by atoms with Crippen molar-refractivity contribution >= 4 is 0 Å². The average molecular weight is 359 g/mol. The molecule has 0 N–H and O–H groups in total. The first-order valence-electron chi connectivity index (χ1n) is 11.9. The second-order valence-corrected chi connectivity index (χ2v) is 8.30. The molecule has 0 spiro atoms. The Morgan fingerprint density at radius 1 is 0.385 bits per heavy atom. The fourth-order valence-corrected chi connectivity index (χ4v) is 3.89. The average Bonchev–Trinajstić information content (AvgIpc) is 2.65. The van der Waals surface area contributed by atoms with Gasteiger partial charge in [0.05, 0.1) is 0 Å². The summed E-state index contributed by atoms with van der Waals surface area (Å²) >= 11 is 0. The van der Waals surface area contributed by atoms with Crippen molar-refractivity contribution in [2.45, 2.75) is 130 Å². The Labute approximate surface area is 165 Å². The molecule has 0 saturated heterocycles. The molecule has 0 amide bonds. The Morgan fingerprint density at radius 3 is 1.00 bits per heavy atom. The minimum absolute atomic E-state index is 1.28. The van der Waals surface area contributed by atoms with Crippen LogP contribution in [0.15, 0.2) is 18.2 Å². The monoisotopic (exact) mass is 358 g/mol. The van der Waals surface area contributed by atoms with E-state index in [-0.39, 0.29) is 0 Å². The maximum atomic E-state index is 2.52. The van der Waals surface area contributed by atoms with Crippen molar-refractivity contribution in [1.29, 1.82) is 0 Å². The molecule has 0 radical (unpaired) electrons. The van der Waals surface area contributed by atoms with Gasteiger partial charge in [0.1, 0.15) is 0 Å². The van der Waals surface area contributed by atoms with Gasteiger partial charge in [-0.2, -0.15) is 0 Å². The molecule has 0 unspecified atom stereocenters. The summed E-state index contributed by atoms with van der Waals surface area (Å²) in [4.78, 5) is 0. The summed E-state index contributed by atoms with van der Waals surface area (Å²) < 4.78 is 0. The molecule has 0 nitrogen and oxygen atoms in total. The lowest BCUT2D eigenvalue weighted by Gasteiger charge is -2.11. The molecular formula is C26H46. The maximum Gasteiger partial charge on any atom is -0.0279 e. The molecule has 0 aliphatic carbocycles. The molecule has 0 atom stereocenters. The predicted octanol–water partition coefficient (Wildman–Crippen LogP) is 8.84. The quantitative estimate of drug-likeness (QED) is 0.244. The van der Waals surface area contributed by atoms with Gasteiger partial charge in [0, 0.05) is 0 Å². The zero-order valence-electron chi connectivity index (χ0n) is 18.3. The Hall–Kier alpha value is -0.780. The van der Waals surface area contributed by atoms with Crippen LogP contribution in [0.3, 0.4) is 0 Å². The minimum atomic E-state index is 1.28. The molecule has 0 aliphatic rings. The molecular weight excluding hydrogens is 312 g/mol. The number of benzene rings is 1. The van der Waals surface area contributed by atoms with Crippen molar-refractivity contribution in [1.82, 2.24) is 0 Å². The number of hydrogen-bond acceptors (Lipinski definition) is 0. The molecule has 0 aliphatic heterocycles. The van der Waals surface area contributed by atoms with Crippen LogP contribution in [0, 0.1) is 0 Å². The van der Waals surface area contributed by atoms with E-state index in [1.807, 2.05) is 0 Å². The standard InChI is InChI=1S/C26H46/c1-4-7-10-13-14-17-20-26-22-24(18-15-11-8-5-2)21-25(23-26)19-16-12-9-6-3/h21-23H,4-20H2,1-3H3. The summed E-state index contributed by atoms with van der Waals surface area (Å²) in [5, 5.41) is 0. The molecule has 0 heterocycles. The minimum Gasteiger partial charge on any atom is -0.0654 e. The van der Waals surface area contributed by atoms with Crippen LogP contribution in [-0.2, 0) is 19.3 Å². The highest BCUT2D eigenvalue weighted by molar-refractivity contribution is 5.30. The SMILES string of the molecule is CCCCCCCCc1cc(CCCCCC)cc(CCCCCC)c1. The molecule has 0 heteroatoms. The molecule has 1 aromatic carbocycles. The molecule has 26 heavy (non-hydrogen) atoms. The number of hydrogen-bond donors (Lipinski definition) is 0. The van der Waals surface area contributed by atoms with Gasteiger partial charge in [0.15, 0.2) is 0 Å². The topological polar surface area (TPSA) is 0 Å². The Balaban J connectivity index is 2.52. The van der Waals surface area contributed by atoms with Crippen LogP contribution in [0.1, 0.15) is 127 Å². The molecule has 1 aromatic rings. The van der Waals surface area contributed by atoms with E-state index in [2.05, 4.69) is 39.0 Å². The molecule has 0 saturated carbocycles. The largest absolute Gasteiger partial charge is 0.0654 e. The first-order valence-corrected chi connectivity index (χ1v) is 11.9. The third-order valence-corrected chi connectivity index (χ3v) is 5.57. The van der Waals surface area contributed by atoms with E-state index in [1.165, 1.54) is 109 Å². The normalized spacial score (nSPS) is 11.2. The van der Waals surface area contributed by atoms with Gasteiger partial charge in [0.2, 0.25) is 0 Å². The van der Waals surface area contributed by atoms with Crippen molar-refractivity contribution in [2.75, 3.05) is 0 Å². The van der Waals surface area contributed by atoms with Gasteiger partial charge >= 0.3 is 0 Å². The van der Waals surface area contributed by atoms with Crippen LogP contribution in [0.25, 0.3) is 0 Å². The van der Waals surface area contributed by atoms with Crippen LogP contribution in [0.4, 0.5) is 0 Å². The van der Waals surface area contributed by atoms with Crippen molar-refractivity contribution in [3.8, 4) is 0 Å². The molecule has 1 rings (SSSR count). The van der Waals surface area contributed by atoms with E-state index in [4.69, 9.17) is 0 Å². The lowest BCUT2D eigenvalue weighted by molar-refractivity contribution is 0.607. The Bertz CT molecular complexity index is 401. The van der Waals surface area contributed by atoms with Gasteiger partial charge in [-0.05, 0) is 55.2 Å². The van der Waals surface area contributed by atoms with E-state index in [0.29, 0.717) is 0 Å². The van der Waals surface area contributed by atoms with Gasteiger partial charge in [0.25, 0.3) is 0 Å². The Kier molecular flexibility index (Phi) is 14.7. The van der Waals surface area contributed by atoms with Gasteiger partial charge < -0.3 is 0 Å². The fourth-order valence-electron chi connectivity index (χ4n) is 3.89. The van der Waals surface area contributed by atoms with E-state index < -0.39 is 0 Å². The van der Waals surface area contributed by atoms with Crippen LogP contribution in [0.5, 0.6) is 0 Å². The zero-order valence-corrected chi connectivity index (χ0v) is 18.3. The van der Waals surface area contributed by atoms with E-state index in [0.717, 1.165) is 0 Å². The summed E-state index contributed by atoms with van der Waals surface area (Å²) in [6.45, 7) is 6.90. The lowest BCUT2D eigenvalue weighted by atomic mass is 9.95.